The Morgan fingerprint density at radius 1 is 1.58 bits per heavy atom. The molecule has 12 heavy (non-hydrogen) atoms. The Hall–Kier alpha value is -0.990. The maximum Gasteiger partial charge on any atom is 0.337 e. The van der Waals surface area contributed by atoms with E-state index in [4.69, 9.17) is 9.47 Å². The Labute approximate surface area is 71.3 Å². The van der Waals surface area contributed by atoms with Gasteiger partial charge in [-0.25, -0.2) is 4.79 Å². The van der Waals surface area contributed by atoms with Gasteiger partial charge in [-0.15, -0.1) is 0 Å². The average molecular weight is 168 g/mol. The molecule has 1 aliphatic carbocycles. The molecule has 2 rings (SSSR count). The largest absolute Gasteiger partial charge is 0.501 e. The van der Waals surface area contributed by atoms with Crippen molar-refractivity contribution in [1.82, 2.24) is 0 Å². The molecule has 0 atom stereocenters. The standard InChI is InChI=1S/C9H12O3/c10-9(12-8-3-4-8)7-2-1-5-11-6-7/h6,8H,1-5H2. The summed E-state index contributed by atoms with van der Waals surface area (Å²) in [4.78, 5) is 11.3. The van der Waals surface area contributed by atoms with E-state index < -0.39 is 0 Å². The molecule has 66 valence electrons. The van der Waals surface area contributed by atoms with E-state index in [-0.39, 0.29) is 12.1 Å². The summed E-state index contributed by atoms with van der Waals surface area (Å²) >= 11 is 0. The topological polar surface area (TPSA) is 35.5 Å². The van der Waals surface area contributed by atoms with Crippen LogP contribution in [0.15, 0.2) is 11.8 Å². The summed E-state index contributed by atoms with van der Waals surface area (Å²) in [6.07, 6.45) is 5.51. The van der Waals surface area contributed by atoms with Crippen molar-refractivity contribution in [2.24, 2.45) is 0 Å². The molecule has 0 radical (unpaired) electrons. The van der Waals surface area contributed by atoms with Crippen molar-refractivity contribution in [1.29, 1.82) is 0 Å². The van der Waals surface area contributed by atoms with Gasteiger partial charge in [-0.3, -0.25) is 0 Å². The lowest BCUT2D eigenvalue weighted by Gasteiger charge is -2.12. The van der Waals surface area contributed by atoms with Gasteiger partial charge in [0, 0.05) is 0 Å². The van der Waals surface area contributed by atoms with E-state index in [0.717, 1.165) is 32.3 Å². The molecule has 0 saturated heterocycles. The van der Waals surface area contributed by atoms with Gasteiger partial charge in [0.05, 0.1) is 18.4 Å². The molecule has 1 saturated carbocycles. The summed E-state index contributed by atoms with van der Waals surface area (Å²) in [6.45, 7) is 0.722. The minimum Gasteiger partial charge on any atom is -0.501 e. The maximum absolute atomic E-state index is 11.3. The van der Waals surface area contributed by atoms with Crippen LogP contribution in [0.2, 0.25) is 0 Å². The van der Waals surface area contributed by atoms with Gasteiger partial charge < -0.3 is 9.47 Å². The van der Waals surface area contributed by atoms with Gasteiger partial charge in [-0.2, -0.15) is 0 Å². The molecule has 3 heteroatoms. The molecule has 0 amide bonds. The minimum atomic E-state index is -0.183. The van der Waals surface area contributed by atoms with E-state index in [1.165, 1.54) is 6.26 Å². The third kappa shape index (κ3) is 1.78. The molecule has 0 N–H and O–H groups in total. The van der Waals surface area contributed by atoms with Crippen molar-refractivity contribution in [3.05, 3.63) is 11.8 Å². The summed E-state index contributed by atoms with van der Waals surface area (Å²) < 4.78 is 10.2. The predicted molar refractivity (Wildman–Crippen MR) is 42.4 cm³/mol. The zero-order valence-corrected chi connectivity index (χ0v) is 6.91. The number of rotatable bonds is 2. The Bertz CT molecular complexity index is 216. The highest BCUT2D eigenvalue weighted by atomic mass is 16.5. The Morgan fingerprint density at radius 3 is 3.00 bits per heavy atom. The smallest absolute Gasteiger partial charge is 0.337 e. The predicted octanol–water partition coefficient (Wildman–Crippen LogP) is 1.39. The van der Waals surface area contributed by atoms with Gasteiger partial charge in [-0.1, -0.05) is 0 Å². The van der Waals surface area contributed by atoms with E-state index in [1.54, 1.807) is 0 Å². The van der Waals surface area contributed by atoms with Gasteiger partial charge in [-0.05, 0) is 25.7 Å². The molecule has 1 heterocycles. The lowest BCUT2D eigenvalue weighted by molar-refractivity contribution is -0.140. The third-order valence-electron chi connectivity index (χ3n) is 1.99. The van der Waals surface area contributed by atoms with E-state index >= 15 is 0 Å². The van der Waals surface area contributed by atoms with E-state index in [2.05, 4.69) is 0 Å². The van der Waals surface area contributed by atoms with Crippen molar-refractivity contribution in [2.45, 2.75) is 31.8 Å². The second-order valence-corrected chi connectivity index (χ2v) is 3.22. The molecule has 1 fully saturated rings. The van der Waals surface area contributed by atoms with Crippen LogP contribution in [0.4, 0.5) is 0 Å². The molecule has 1 aliphatic heterocycles. The van der Waals surface area contributed by atoms with Crippen LogP contribution >= 0.6 is 0 Å². The SMILES string of the molecule is O=C(OC1CC1)C1=COCCC1. The summed E-state index contributed by atoms with van der Waals surface area (Å²) in [6, 6.07) is 0. The van der Waals surface area contributed by atoms with Crippen molar-refractivity contribution >= 4 is 5.97 Å². The van der Waals surface area contributed by atoms with Crippen LogP contribution in [0.1, 0.15) is 25.7 Å². The van der Waals surface area contributed by atoms with E-state index in [1.807, 2.05) is 0 Å². The number of carbonyl (C=O) groups is 1. The molecular weight excluding hydrogens is 156 g/mol. The van der Waals surface area contributed by atoms with Crippen molar-refractivity contribution in [3.63, 3.8) is 0 Å². The summed E-state index contributed by atoms with van der Waals surface area (Å²) in [5.74, 6) is -0.183. The first-order valence-electron chi connectivity index (χ1n) is 4.38. The number of hydrogen-bond acceptors (Lipinski definition) is 3. The molecule has 0 aromatic heterocycles. The number of esters is 1. The van der Waals surface area contributed by atoms with Gasteiger partial charge in [0.15, 0.2) is 0 Å². The fraction of sp³-hybridized carbons (Fsp3) is 0.667. The van der Waals surface area contributed by atoms with E-state index in [0.29, 0.717) is 5.57 Å². The molecule has 0 unspecified atom stereocenters. The monoisotopic (exact) mass is 168 g/mol. The second kappa shape index (κ2) is 3.17. The third-order valence-corrected chi connectivity index (χ3v) is 1.99. The molecule has 0 bridgehead atoms. The highest BCUT2D eigenvalue weighted by Crippen LogP contribution is 2.25. The van der Waals surface area contributed by atoms with Crippen LogP contribution in [-0.4, -0.2) is 18.7 Å². The fourth-order valence-corrected chi connectivity index (χ4v) is 1.13. The minimum absolute atomic E-state index is 0.183. The van der Waals surface area contributed by atoms with Crippen LogP contribution in [0.5, 0.6) is 0 Å². The van der Waals surface area contributed by atoms with Crippen molar-refractivity contribution < 1.29 is 14.3 Å². The zero-order chi connectivity index (χ0) is 8.39. The van der Waals surface area contributed by atoms with Gasteiger partial charge in [0.2, 0.25) is 0 Å². The lowest BCUT2D eigenvalue weighted by Crippen LogP contribution is -2.13. The summed E-state index contributed by atoms with van der Waals surface area (Å²) in [7, 11) is 0. The molecule has 0 aromatic rings. The number of carbonyl (C=O) groups excluding carboxylic acids is 1. The Morgan fingerprint density at radius 2 is 2.42 bits per heavy atom. The van der Waals surface area contributed by atoms with Gasteiger partial charge in [0.25, 0.3) is 0 Å². The number of hydrogen-bond donors (Lipinski definition) is 0. The van der Waals surface area contributed by atoms with Crippen molar-refractivity contribution in [3.8, 4) is 0 Å². The zero-order valence-electron chi connectivity index (χ0n) is 6.91. The maximum atomic E-state index is 11.3. The normalized spacial score (nSPS) is 22.5. The summed E-state index contributed by atoms with van der Waals surface area (Å²) in [5, 5.41) is 0. The Kier molecular flexibility index (Phi) is 2.02. The lowest BCUT2D eigenvalue weighted by atomic mass is 10.1. The van der Waals surface area contributed by atoms with Crippen LogP contribution < -0.4 is 0 Å². The van der Waals surface area contributed by atoms with Crippen LogP contribution in [0.25, 0.3) is 0 Å². The van der Waals surface area contributed by atoms with Crippen LogP contribution in [0, 0.1) is 0 Å². The summed E-state index contributed by atoms with van der Waals surface area (Å²) in [5.41, 5.74) is 0.688. The molecule has 3 nitrogen and oxygen atoms in total. The molecule has 0 aromatic carbocycles. The molecular formula is C9H12O3. The highest BCUT2D eigenvalue weighted by molar-refractivity contribution is 5.88. The first-order valence-corrected chi connectivity index (χ1v) is 4.38. The highest BCUT2D eigenvalue weighted by Gasteiger charge is 2.27. The van der Waals surface area contributed by atoms with Gasteiger partial charge in [0.1, 0.15) is 6.10 Å². The molecule has 0 spiro atoms. The van der Waals surface area contributed by atoms with Crippen molar-refractivity contribution in [2.75, 3.05) is 6.61 Å². The second-order valence-electron chi connectivity index (χ2n) is 3.22. The quantitative estimate of drug-likeness (QED) is 0.584. The average Bonchev–Trinajstić information content (AvgIpc) is 2.90. The Balaban J connectivity index is 1.88. The van der Waals surface area contributed by atoms with Crippen LogP contribution in [0.3, 0.4) is 0 Å². The van der Waals surface area contributed by atoms with E-state index in [9.17, 15) is 4.79 Å². The van der Waals surface area contributed by atoms with Crippen LogP contribution in [-0.2, 0) is 14.3 Å². The first kappa shape index (κ1) is 7.65. The first-order chi connectivity index (χ1) is 5.86. The molecule has 2 aliphatic rings. The number of ether oxygens (including phenoxy) is 2. The van der Waals surface area contributed by atoms with Gasteiger partial charge >= 0.3 is 5.97 Å². The fourth-order valence-electron chi connectivity index (χ4n) is 1.13.